The molecule has 0 saturated carbocycles. The van der Waals surface area contributed by atoms with Crippen molar-refractivity contribution >= 4 is 29.3 Å². The van der Waals surface area contributed by atoms with Gasteiger partial charge in [0.2, 0.25) is 14.2 Å². The predicted octanol–water partition coefficient (Wildman–Crippen LogP) is 6.12. The third kappa shape index (κ3) is 8.97. The van der Waals surface area contributed by atoms with Crippen LogP contribution in [0.5, 0.6) is 11.6 Å². The van der Waals surface area contributed by atoms with Crippen LogP contribution in [0.1, 0.15) is 66.5 Å². The summed E-state index contributed by atoms with van der Waals surface area (Å²) < 4.78 is 53.9. The van der Waals surface area contributed by atoms with Gasteiger partial charge in [-0.05, 0) is 75.9 Å². The van der Waals surface area contributed by atoms with Crippen LogP contribution in [0.3, 0.4) is 0 Å². The standard InChI is InChI=1S/C30H46N4O7SSi/c1-21(40-42(6,35)36)14-16-37-22(2)20-39-27-19-31-18-25(32-27)29-24-17-23(41-43(7,8)30(3,4)5)12-13-26(24)34(33-29)28-11-9-10-15-38-28/h12-13,17-19,21-22,28H,9-11,14-16,20H2,1-8H3. The molecule has 0 radical (unpaired) electrons. The van der Waals surface area contributed by atoms with Gasteiger partial charge in [-0.1, -0.05) is 20.8 Å². The van der Waals surface area contributed by atoms with Crippen molar-refractivity contribution in [3.63, 3.8) is 0 Å². The van der Waals surface area contributed by atoms with E-state index in [2.05, 4.69) is 51.0 Å². The number of hydrogen-bond acceptors (Lipinski definition) is 10. The van der Waals surface area contributed by atoms with Crippen LogP contribution in [0.4, 0.5) is 0 Å². The van der Waals surface area contributed by atoms with Crippen molar-refractivity contribution in [2.24, 2.45) is 0 Å². The van der Waals surface area contributed by atoms with Crippen LogP contribution in [-0.2, 0) is 23.8 Å². The Hall–Kier alpha value is -2.58. The van der Waals surface area contributed by atoms with Crippen LogP contribution in [0.25, 0.3) is 22.3 Å². The van der Waals surface area contributed by atoms with E-state index in [9.17, 15) is 8.42 Å². The van der Waals surface area contributed by atoms with E-state index in [0.717, 1.165) is 42.2 Å². The van der Waals surface area contributed by atoms with Gasteiger partial charge in [-0.25, -0.2) is 9.67 Å². The van der Waals surface area contributed by atoms with Crippen molar-refractivity contribution in [2.75, 3.05) is 26.1 Å². The molecule has 1 aliphatic rings. The van der Waals surface area contributed by atoms with E-state index < -0.39 is 24.5 Å². The Morgan fingerprint density at radius 2 is 1.91 bits per heavy atom. The first-order valence-electron chi connectivity index (χ1n) is 14.9. The fourth-order valence-corrected chi connectivity index (χ4v) is 6.24. The van der Waals surface area contributed by atoms with Crippen molar-refractivity contribution in [3.05, 3.63) is 30.6 Å². The molecule has 1 aliphatic heterocycles. The molecule has 1 fully saturated rings. The SMILES string of the molecule is CC(COc1cncc(-c2nn(C3CCCCO3)c3ccc(O[Si](C)(C)C(C)(C)C)cc23)n1)OCCC(C)OS(C)(=O)=O. The highest BCUT2D eigenvalue weighted by Crippen LogP contribution is 2.39. The minimum Gasteiger partial charge on any atom is -0.543 e. The van der Waals surface area contributed by atoms with E-state index in [4.69, 9.17) is 32.9 Å². The lowest BCUT2D eigenvalue weighted by Gasteiger charge is -2.36. The average Bonchev–Trinajstić information content (AvgIpc) is 3.29. The molecule has 3 unspecified atom stereocenters. The van der Waals surface area contributed by atoms with Gasteiger partial charge in [-0.2, -0.15) is 13.5 Å². The summed E-state index contributed by atoms with van der Waals surface area (Å²) >= 11 is 0. The third-order valence-electron chi connectivity index (χ3n) is 7.87. The maximum absolute atomic E-state index is 11.3. The van der Waals surface area contributed by atoms with Crippen molar-refractivity contribution in [2.45, 2.75) is 96.9 Å². The lowest BCUT2D eigenvalue weighted by Crippen LogP contribution is -2.43. The van der Waals surface area contributed by atoms with Gasteiger partial charge in [0.05, 0.1) is 36.4 Å². The van der Waals surface area contributed by atoms with Gasteiger partial charge in [0.25, 0.3) is 10.1 Å². The molecule has 0 bridgehead atoms. The Morgan fingerprint density at radius 3 is 2.58 bits per heavy atom. The summed E-state index contributed by atoms with van der Waals surface area (Å²) in [5.74, 6) is 1.17. The minimum atomic E-state index is -3.50. The Morgan fingerprint density at radius 1 is 1.14 bits per heavy atom. The first-order chi connectivity index (χ1) is 20.1. The summed E-state index contributed by atoms with van der Waals surface area (Å²) in [4.78, 5) is 9.13. The summed E-state index contributed by atoms with van der Waals surface area (Å²) in [6, 6.07) is 6.13. The molecule has 0 N–H and O–H groups in total. The molecule has 3 atom stereocenters. The highest BCUT2D eigenvalue weighted by atomic mass is 32.2. The highest BCUT2D eigenvalue weighted by molar-refractivity contribution is 7.86. The number of rotatable bonds is 13. The number of fused-ring (bicyclic) bond motifs is 1. The van der Waals surface area contributed by atoms with Crippen LogP contribution < -0.4 is 9.16 Å². The van der Waals surface area contributed by atoms with Crippen LogP contribution >= 0.6 is 0 Å². The Kier molecular flexibility index (Phi) is 10.5. The monoisotopic (exact) mass is 634 g/mol. The Labute approximate surface area is 256 Å². The fraction of sp³-hybridized carbons (Fsp3) is 0.633. The van der Waals surface area contributed by atoms with Gasteiger partial charge >= 0.3 is 0 Å². The predicted molar refractivity (Wildman–Crippen MR) is 168 cm³/mol. The topological polar surface area (TPSA) is 124 Å². The molecule has 0 amide bonds. The molecular formula is C30H46N4O7SSi. The van der Waals surface area contributed by atoms with Crippen molar-refractivity contribution < 1.29 is 31.2 Å². The van der Waals surface area contributed by atoms with Crippen LogP contribution in [0.2, 0.25) is 18.1 Å². The molecule has 3 aromatic rings. The summed E-state index contributed by atoms with van der Waals surface area (Å²) in [6.07, 6.45) is 6.88. The van der Waals surface area contributed by atoms with Gasteiger partial charge in [-0.15, -0.1) is 0 Å². The lowest BCUT2D eigenvalue weighted by atomic mass is 10.1. The second-order valence-electron chi connectivity index (χ2n) is 12.8. The smallest absolute Gasteiger partial charge is 0.264 e. The maximum atomic E-state index is 11.3. The zero-order chi connectivity index (χ0) is 31.4. The zero-order valence-corrected chi connectivity index (χ0v) is 28.4. The second-order valence-corrected chi connectivity index (χ2v) is 19.1. The van der Waals surface area contributed by atoms with Crippen molar-refractivity contribution in [3.8, 4) is 23.0 Å². The Bertz CT molecular complexity index is 1480. The number of aromatic nitrogens is 4. The van der Waals surface area contributed by atoms with Crippen molar-refractivity contribution in [1.29, 1.82) is 0 Å². The zero-order valence-electron chi connectivity index (χ0n) is 26.6. The molecule has 2 aromatic heterocycles. The van der Waals surface area contributed by atoms with E-state index in [1.807, 2.05) is 17.7 Å². The third-order valence-corrected chi connectivity index (χ3v) is 12.9. The first-order valence-corrected chi connectivity index (χ1v) is 19.6. The fourth-order valence-electron chi connectivity index (χ4n) is 4.52. The van der Waals surface area contributed by atoms with E-state index in [1.165, 1.54) is 0 Å². The van der Waals surface area contributed by atoms with Crippen LogP contribution in [0, 0.1) is 0 Å². The highest BCUT2D eigenvalue weighted by Gasteiger charge is 2.39. The molecule has 1 saturated heterocycles. The Balaban J connectivity index is 1.53. The molecule has 4 rings (SSSR count). The molecular weight excluding hydrogens is 589 g/mol. The summed E-state index contributed by atoms with van der Waals surface area (Å²) in [5.41, 5.74) is 2.22. The molecule has 1 aromatic carbocycles. The molecule has 11 nitrogen and oxygen atoms in total. The number of hydrogen-bond donors (Lipinski definition) is 0. The second kappa shape index (κ2) is 13.6. The van der Waals surface area contributed by atoms with Gasteiger partial charge in [0.15, 0.2) is 6.23 Å². The first kappa shape index (κ1) is 33.3. The molecule has 43 heavy (non-hydrogen) atoms. The van der Waals surface area contributed by atoms with Gasteiger partial charge in [0.1, 0.15) is 23.7 Å². The maximum Gasteiger partial charge on any atom is 0.264 e. The van der Waals surface area contributed by atoms with Gasteiger partial charge in [0, 0.05) is 18.6 Å². The van der Waals surface area contributed by atoms with E-state index in [-0.39, 0.29) is 24.0 Å². The van der Waals surface area contributed by atoms with Crippen LogP contribution in [0.15, 0.2) is 30.6 Å². The summed E-state index contributed by atoms with van der Waals surface area (Å²) in [6.45, 7) is 16.0. The minimum absolute atomic E-state index is 0.0606. The van der Waals surface area contributed by atoms with Crippen LogP contribution in [-0.4, -0.2) is 74.8 Å². The van der Waals surface area contributed by atoms with Gasteiger partial charge in [-0.3, -0.25) is 9.17 Å². The average molecular weight is 635 g/mol. The number of benzene rings is 1. The number of nitrogens with zero attached hydrogens (tertiary/aromatic N) is 4. The largest absolute Gasteiger partial charge is 0.543 e. The molecule has 13 heteroatoms. The van der Waals surface area contributed by atoms with E-state index in [0.29, 0.717) is 36.9 Å². The number of ether oxygens (including phenoxy) is 3. The summed E-state index contributed by atoms with van der Waals surface area (Å²) in [5, 5.41) is 5.97. The van der Waals surface area contributed by atoms with Crippen molar-refractivity contribution in [1.82, 2.24) is 19.7 Å². The molecule has 238 valence electrons. The van der Waals surface area contributed by atoms with E-state index in [1.54, 1.807) is 19.3 Å². The quantitative estimate of drug-likeness (QED) is 0.161. The molecule has 3 heterocycles. The normalized spacial score (nSPS) is 18.0. The molecule has 0 aliphatic carbocycles. The van der Waals surface area contributed by atoms with E-state index >= 15 is 0 Å². The molecule has 0 spiro atoms. The summed E-state index contributed by atoms with van der Waals surface area (Å²) in [7, 11) is -5.56. The van der Waals surface area contributed by atoms with Gasteiger partial charge < -0.3 is 18.6 Å². The lowest BCUT2D eigenvalue weighted by molar-refractivity contribution is -0.0365.